The first-order valence-corrected chi connectivity index (χ1v) is 7.30. The van der Waals surface area contributed by atoms with Crippen molar-refractivity contribution in [2.75, 3.05) is 0 Å². The Labute approximate surface area is 150 Å². The predicted molar refractivity (Wildman–Crippen MR) is 94.7 cm³/mol. The molecule has 2 amide bonds. The van der Waals surface area contributed by atoms with Crippen molar-refractivity contribution in [2.24, 2.45) is 16.1 Å². The number of rotatable bonds is 6. The molecule has 1 atom stereocenters. The number of nitrogens with one attached hydrogen (secondary N) is 2. The maximum atomic E-state index is 11.8. The minimum atomic E-state index is -0.494. The lowest BCUT2D eigenvalue weighted by molar-refractivity contribution is -0.384. The number of nitrogens with zero attached hydrogens (tertiary/aromatic N) is 3. The SMILES string of the molecule is CC(=NNC(=O)CCC1C(=O)NN=C1C)c1cccc([N+](=O)[O-])c1.Cl. The zero-order valence-corrected chi connectivity index (χ0v) is 14.5. The Morgan fingerprint density at radius 1 is 1.48 bits per heavy atom. The molecule has 9 nitrogen and oxygen atoms in total. The van der Waals surface area contributed by atoms with E-state index < -0.39 is 10.8 Å². The molecule has 0 saturated carbocycles. The monoisotopic (exact) mass is 367 g/mol. The molecule has 1 heterocycles. The molecule has 10 heteroatoms. The third-order valence-corrected chi connectivity index (χ3v) is 3.65. The number of carbonyl (C=O) groups is 2. The molecule has 0 spiro atoms. The highest BCUT2D eigenvalue weighted by molar-refractivity contribution is 6.07. The summed E-state index contributed by atoms with van der Waals surface area (Å²) in [7, 11) is 0. The second-order valence-electron chi connectivity index (χ2n) is 5.36. The molecule has 1 aromatic carbocycles. The van der Waals surface area contributed by atoms with Gasteiger partial charge in [0.05, 0.1) is 16.6 Å². The smallest absolute Gasteiger partial charge is 0.270 e. The van der Waals surface area contributed by atoms with Gasteiger partial charge in [0.25, 0.3) is 5.69 Å². The van der Waals surface area contributed by atoms with E-state index in [1.54, 1.807) is 26.0 Å². The third-order valence-electron chi connectivity index (χ3n) is 3.65. The summed E-state index contributed by atoms with van der Waals surface area (Å²) in [6.07, 6.45) is 0.467. The predicted octanol–water partition coefficient (Wildman–Crippen LogP) is 1.76. The van der Waals surface area contributed by atoms with Crippen LogP contribution in [0.25, 0.3) is 0 Å². The van der Waals surface area contributed by atoms with Gasteiger partial charge in [0.2, 0.25) is 11.8 Å². The Bertz CT molecular complexity index is 747. The van der Waals surface area contributed by atoms with Gasteiger partial charge in [0.1, 0.15) is 0 Å². The van der Waals surface area contributed by atoms with Gasteiger partial charge in [-0.15, -0.1) is 12.4 Å². The molecule has 0 aromatic heterocycles. The number of nitro groups is 1. The van der Waals surface area contributed by atoms with Gasteiger partial charge in [-0.05, 0) is 20.3 Å². The molecule has 1 unspecified atom stereocenters. The summed E-state index contributed by atoms with van der Waals surface area (Å²) in [6.45, 7) is 3.37. The van der Waals surface area contributed by atoms with E-state index in [2.05, 4.69) is 21.1 Å². The third kappa shape index (κ3) is 5.35. The van der Waals surface area contributed by atoms with Crippen molar-refractivity contribution < 1.29 is 14.5 Å². The van der Waals surface area contributed by atoms with Crippen molar-refractivity contribution in [2.45, 2.75) is 26.7 Å². The van der Waals surface area contributed by atoms with Gasteiger partial charge in [-0.25, -0.2) is 10.9 Å². The number of hydrogen-bond acceptors (Lipinski definition) is 6. The lowest BCUT2D eigenvalue weighted by Crippen LogP contribution is -2.25. The van der Waals surface area contributed by atoms with Crippen LogP contribution in [0.3, 0.4) is 0 Å². The van der Waals surface area contributed by atoms with Crippen molar-refractivity contribution in [1.29, 1.82) is 0 Å². The topological polar surface area (TPSA) is 126 Å². The van der Waals surface area contributed by atoms with Gasteiger partial charge >= 0.3 is 0 Å². The highest BCUT2D eigenvalue weighted by Crippen LogP contribution is 2.15. The van der Waals surface area contributed by atoms with Crippen LogP contribution < -0.4 is 10.9 Å². The van der Waals surface area contributed by atoms with E-state index in [0.29, 0.717) is 23.4 Å². The number of halogens is 1. The number of nitro benzene ring substituents is 1. The largest absolute Gasteiger partial charge is 0.273 e. The van der Waals surface area contributed by atoms with Crippen LogP contribution in [-0.2, 0) is 9.59 Å². The molecule has 0 fully saturated rings. The summed E-state index contributed by atoms with van der Waals surface area (Å²) in [5, 5.41) is 18.5. The quantitative estimate of drug-likeness (QED) is 0.451. The Morgan fingerprint density at radius 3 is 2.80 bits per heavy atom. The van der Waals surface area contributed by atoms with Crippen LogP contribution in [0.2, 0.25) is 0 Å². The first-order chi connectivity index (χ1) is 11.4. The Morgan fingerprint density at radius 2 is 2.20 bits per heavy atom. The van der Waals surface area contributed by atoms with Crippen LogP contribution >= 0.6 is 12.4 Å². The van der Waals surface area contributed by atoms with Crippen LogP contribution in [0.5, 0.6) is 0 Å². The van der Waals surface area contributed by atoms with Crippen LogP contribution in [0.15, 0.2) is 34.5 Å². The highest BCUT2D eigenvalue weighted by atomic mass is 35.5. The Hall–Kier alpha value is -2.81. The van der Waals surface area contributed by atoms with Crippen molar-refractivity contribution >= 4 is 41.3 Å². The summed E-state index contributed by atoms with van der Waals surface area (Å²) in [6, 6.07) is 5.98. The van der Waals surface area contributed by atoms with Crippen LogP contribution in [0.4, 0.5) is 5.69 Å². The number of benzene rings is 1. The fourth-order valence-electron chi connectivity index (χ4n) is 2.22. The molecule has 1 aliphatic rings. The zero-order valence-electron chi connectivity index (χ0n) is 13.7. The molecular weight excluding hydrogens is 350 g/mol. The first kappa shape index (κ1) is 20.2. The second-order valence-corrected chi connectivity index (χ2v) is 5.36. The van der Waals surface area contributed by atoms with Gasteiger partial charge in [-0.3, -0.25) is 19.7 Å². The normalized spacial score (nSPS) is 16.6. The Kier molecular flexibility index (Phi) is 7.19. The van der Waals surface area contributed by atoms with E-state index in [1.165, 1.54) is 12.1 Å². The average molecular weight is 368 g/mol. The molecule has 134 valence electrons. The molecule has 2 N–H and O–H groups in total. The van der Waals surface area contributed by atoms with E-state index in [0.717, 1.165) is 0 Å². The van der Waals surface area contributed by atoms with Gasteiger partial charge in [0, 0.05) is 29.8 Å². The van der Waals surface area contributed by atoms with Crippen molar-refractivity contribution in [3.05, 3.63) is 39.9 Å². The number of hydrazone groups is 2. The van der Waals surface area contributed by atoms with Crippen LogP contribution in [0, 0.1) is 16.0 Å². The molecule has 0 radical (unpaired) electrons. The van der Waals surface area contributed by atoms with Gasteiger partial charge < -0.3 is 0 Å². The van der Waals surface area contributed by atoms with Gasteiger partial charge in [0.15, 0.2) is 0 Å². The second kappa shape index (κ2) is 8.88. The standard InChI is InChI=1S/C15H17N5O4.ClH/c1-9(11-4-3-5-12(8-11)20(23)24)16-18-14(21)7-6-13-10(2)17-19-15(13)22;/h3-5,8,13H,6-7H2,1-2H3,(H,18,21)(H,19,22);1H. The molecule has 0 bridgehead atoms. The summed E-state index contributed by atoms with van der Waals surface area (Å²) in [5.74, 6) is -0.943. The number of amides is 2. The number of hydrogen-bond donors (Lipinski definition) is 2. The Balaban J connectivity index is 0.00000312. The summed E-state index contributed by atoms with van der Waals surface area (Å²) < 4.78 is 0. The van der Waals surface area contributed by atoms with E-state index >= 15 is 0 Å². The zero-order chi connectivity index (χ0) is 17.7. The van der Waals surface area contributed by atoms with E-state index in [9.17, 15) is 19.7 Å². The van der Waals surface area contributed by atoms with Crippen LogP contribution in [-0.4, -0.2) is 28.2 Å². The van der Waals surface area contributed by atoms with Crippen molar-refractivity contribution in [3.8, 4) is 0 Å². The molecule has 0 saturated heterocycles. The fourth-order valence-corrected chi connectivity index (χ4v) is 2.22. The molecule has 25 heavy (non-hydrogen) atoms. The molecular formula is C15H18ClN5O4. The fraction of sp³-hybridized carbons (Fsp3) is 0.333. The van der Waals surface area contributed by atoms with E-state index in [4.69, 9.17) is 0 Å². The number of non-ortho nitro benzene ring substituents is 1. The lowest BCUT2D eigenvalue weighted by Gasteiger charge is -2.07. The van der Waals surface area contributed by atoms with Crippen molar-refractivity contribution in [1.82, 2.24) is 10.9 Å². The first-order valence-electron chi connectivity index (χ1n) is 7.30. The summed E-state index contributed by atoms with van der Waals surface area (Å²) in [4.78, 5) is 33.6. The van der Waals surface area contributed by atoms with Gasteiger partial charge in [-0.1, -0.05) is 12.1 Å². The minimum Gasteiger partial charge on any atom is -0.273 e. The minimum absolute atomic E-state index is 0. The molecule has 2 rings (SSSR count). The molecule has 1 aromatic rings. The van der Waals surface area contributed by atoms with Crippen molar-refractivity contribution in [3.63, 3.8) is 0 Å². The number of carbonyl (C=O) groups excluding carboxylic acids is 2. The average Bonchev–Trinajstić information content (AvgIpc) is 2.89. The molecule has 1 aliphatic heterocycles. The van der Waals surface area contributed by atoms with E-state index in [-0.39, 0.29) is 36.3 Å². The highest BCUT2D eigenvalue weighted by Gasteiger charge is 2.27. The van der Waals surface area contributed by atoms with Gasteiger partial charge in [-0.2, -0.15) is 10.2 Å². The van der Waals surface area contributed by atoms with Crippen LogP contribution in [0.1, 0.15) is 32.3 Å². The lowest BCUT2D eigenvalue weighted by atomic mass is 9.99. The summed E-state index contributed by atoms with van der Waals surface area (Å²) >= 11 is 0. The maximum Gasteiger partial charge on any atom is 0.270 e. The molecule has 0 aliphatic carbocycles. The summed E-state index contributed by atoms with van der Waals surface area (Å²) in [5.41, 5.74) is 6.36. The van der Waals surface area contributed by atoms with E-state index in [1.807, 2.05) is 0 Å². The maximum absolute atomic E-state index is 11.8.